The molecule has 0 bridgehead atoms. The van der Waals surface area contributed by atoms with Gasteiger partial charge in [-0.15, -0.1) is 0 Å². The summed E-state index contributed by atoms with van der Waals surface area (Å²) in [6, 6.07) is 0. The number of nitrogens with zero attached hydrogens (tertiary/aromatic N) is 5. The number of hydrogen-bond acceptors (Lipinski definition) is 6. The van der Waals surface area contributed by atoms with Crippen molar-refractivity contribution in [2.24, 2.45) is 0 Å². The quantitative estimate of drug-likeness (QED) is 0.743. The van der Waals surface area contributed by atoms with Gasteiger partial charge in [0.15, 0.2) is 5.82 Å². The van der Waals surface area contributed by atoms with Crippen LogP contribution < -0.4 is 0 Å². The molecule has 2 aromatic rings. The Morgan fingerprint density at radius 2 is 2.17 bits per heavy atom. The monoisotopic (exact) mass is 319 g/mol. The Balaban J connectivity index is 1.55. The molecule has 2 aromatic heterocycles. The van der Waals surface area contributed by atoms with E-state index >= 15 is 0 Å². The summed E-state index contributed by atoms with van der Waals surface area (Å²) in [6.07, 6.45) is 8.70. The highest BCUT2D eigenvalue weighted by atomic mass is 16.5. The van der Waals surface area contributed by atoms with Crippen LogP contribution in [0.5, 0.6) is 0 Å². The first kappa shape index (κ1) is 16.1. The molecule has 0 amide bonds. The van der Waals surface area contributed by atoms with Crippen molar-refractivity contribution in [2.45, 2.75) is 51.2 Å². The second kappa shape index (κ2) is 7.70. The fraction of sp³-hybridized carbons (Fsp3) is 0.688. The Hall–Kier alpha value is -1.73. The molecule has 0 unspecified atom stereocenters. The van der Waals surface area contributed by atoms with Gasteiger partial charge in [0.05, 0.1) is 19.7 Å². The summed E-state index contributed by atoms with van der Waals surface area (Å²) in [5, 5.41) is 4.13. The summed E-state index contributed by atoms with van der Waals surface area (Å²) in [7, 11) is 3.75. The average Bonchev–Trinajstić information content (AvgIpc) is 3.26. The number of methoxy groups -OCH3 is 1. The van der Waals surface area contributed by atoms with Crippen molar-refractivity contribution in [3.05, 3.63) is 29.9 Å². The maximum Gasteiger partial charge on any atom is 0.229 e. The Bertz CT molecular complexity index is 603. The summed E-state index contributed by atoms with van der Waals surface area (Å²) < 4.78 is 12.7. The summed E-state index contributed by atoms with van der Waals surface area (Å²) in [6.45, 7) is 2.90. The SMILES string of the molecule is COCCn1ccnc1CN(C)Cc1noc(C2CCCC2)n1. The van der Waals surface area contributed by atoms with E-state index in [0.29, 0.717) is 19.1 Å². The average molecular weight is 319 g/mol. The first-order valence-corrected chi connectivity index (χ1v) is 8.26. The number of imidazole rings is 1. The molecular weight excluding hydrogens is 294 g/mol. The first-order valence-electron chi connectivity index (χ1n) is 8.26. The molecular formula is C16H25N5O2. The lowest BCUT2D eigenvalue weighted by molar-refractivity contribution is 0.184. The Morgan fingerprint density at radius 1 is 1.35 bits per heavy atom. The molecule has 1 fully saturated rings. The molecule has 0 radical (unpaired) electrons. The Kier molecular flexibility index (Phi) is 5.40. The van der Waals surface area contributed by atoms with E-state index in [0.717, 1.165) is 30.6 Å². The van der Waals surface area contributed by atoms with Crippen LogP contribution >= 0.6 is 0 Å². The predicted octanol–water partition coefficient (Wildman–Crippen LogP) is 2.20. The van der Waals surface area contributed by atoms with E-state index < -0.39 is 0 Å². The molecule has 0 saturated heterocycles. The molecule has 1 aliphatic carbocycles. The first-order chi connectivity index (χ1) is 11.3. The van der Waals surface area contributed by atoms with Gasteiger partial charge < -0.3 is 13.8 Å². The lowest BCUT2D eigenvalue weighted by Crippen LogP contribution is -2.21. The minimum absolute atomic E-state index is 0.467. The van der Waals surface area contributed by atoms with Gasteiger partial charge in [0.1, 0.15) is 5.82 Å². The second-order valence-corrected chi connectivity index (χ2v) is 6.23. The van der Waals surface area contributed by atoms with E-state index in [4.69, 9.17) is 9.26 Å². The van der Waals surface area contributed by atoms with Gasteiger partial charge in [-0.05, 0) is 19.9 Å². The van der Waals surface area contributed by atoms with Crippen molar-refractivity contribution < 1.29 is 9.26 Å². The molecule has 2 heterocycles. The van der Waals surface area contributed by atoms with Crippen LogP contribution in [0, 0.1) is 0 Å². The van der Waals surface area contributed by atoms with Crippen LogP contribution in [0.3, 0.4) is 0 Å². The van der Waals surface area contributed by atoms with E-state index in [-0.39, 0.29) is 0 Å². The zero-order chi connectivity index (χ0) is 16.1. The van der Waals surface area contributed by atoms with Crippen LogP contribution in [0.15, 0.2) is 16.9 Å². The lowest BCUT2D eigenvalue weighted by Gasteiger charge is -2.15. The largest absolute Gasteiger partial charge is 0.383 e. The molecule has 1 saturated carbocycles. The highest BCUT2D eigenvalue weighted by Crippen LogP contribution is 2.32. The van der Waals surface area contributed by atoms with Crippen LogP contribution in [0.4, 0.5) is 0 Å². The molecule has 7 heteroatoms. The van der Waals surface area contributed by atoms with Gasteiger partial charge in [-0.2, -0.15) is 4.98 Å². The van der Waals surface area contributed by atoms with E-state index in [1.54, 1.807) is 7.11 Å². The van der Waals surface area contributed by atoms with E-state index in [9.17, 15) is 0 Å². The zero-order valence-electron chi connectivity index (χ0n) is 13.9. The number of rotatable bonds is 8. The highest BCUT2D eigenvalue weighted by molar-refractivity contribution is 4.97. The molecule has 1 aliphatic rings. The third kappa shape index (κ3) is 4.17. The van der Waals surface area contributed by atoms with Gasteiger partial charge >= 0.3 is 0 Å². The van der Waals surface area contributed by atoms with Gasteiger partial charge in [0.2, 0.25) is 5.89 Å². The van der Waals surface area contributed by atoms with Gasteiger partial charge in [-0.25, -0.2) is 4.98 Å². The van der Waals surface area contributed by atoms with Gasteiger partial charge in [0.25, 0.3) is 0 Å². The van der Waals surface area contributed by atoms with Gasteiger partial charge in [0, 0.05) is 32.0 Å². The third-order valence-electron chi connectivity index (χ3n) is 4.35. The third-order valence-corrected chi connectivity index (χ3v) is 4.35. The van der Waals surface area contributed by atoms with Crippen molar-refractivity contribution in [1.82, 2.24) is 24.6 Å². The van der Waals surface area contributed by atoms with E-state index in [2.05, 4.69) is 24.6 Å². The maximum absolute atomic E-state index is 5.44. The molecule has 23 heavy (non-hydrogen) atoms. The molecule has 3 rings (SSSR count). The van der Waals surface area contributed by atoms with Crippen molar-refractivity contribution in [1.29, 1.82) is 0 Å². The summed E-state index contributed by atoms with van der Waals surface area (Å²) in [5.74, 6) is 3.05. The molecule has 0 aliphatic heterocycles. The van der Waals surface area contributed by atoms with Crippen molar-refractivity contribution in [3.63, 3.8) is 0 Å². The predicted molar refractivity (Wildman–Crippen MR) is 84.8 cm³/mol. The zero-order valence-corrected chi connectivity index (χ0v) is 13.9. The summed E-state index contributed by atoms with van der Waals surface area (Å²) >= 11 is 0. The topological polar surface area (TPSA) is 69.2 Å². The van der Waals surface area contributed by atoms with E-state index in [1.807, 2.05) is 19.4 Å². The smallest absolute Gasteiger partial charge is 0.229 e. The lowest BCUT2D eigenvalue weighted by atomic mass is 10.1. The normalized spacial score (nSPS) is 15.8. The summed E-state index contributed by atoms with van der Waals surface area (Å²) in [4.78, 5) is 11.1. The molecule has 0 N–H and O–H groups in total. The van der Waals surface area contributed by atoms with Crippen LogP contribution in [-0.4, -0.2) is 45.4 Å². The van der Waals surface area contributed by atoms with Crippen molar-refractivity contribution in [3.8, 4) is 0 Å². The van der Waals surface area contributed by atoms with Crippen LogP contribution in [-0.2, 0) is 24.4 Å². The fourth-order valence-electron chi connectivity index (χ4n) is 3.09. The highest BCUT2D eigenvalue weighted by Gasteiger charge is 2.23. The number of hydrogen-bond donors (Lipinski definition) is 0. The molecule has 126 valence electrons. The van der Waals surface area contributed by atoms with Crippen LogP contribution in [0.25, 0.3) is 0 Å². The van der Waals surface area contributed by atoms with Crippen molar-refractivity contribution in [2.75, 3.05) is 20.8 Å². The van der Waals surface area contributed by atoms with Crippen molar-refractivity contribution >= 4 is 0 Å². The number of ether oxygens (including phenoxy) is 1. The molecule has 0 spiro atoms. The number of aromatic nitrogens is 4. The van der Waals surface area contributed by atoms with Crippen LogP contribution in [0.2, 0.25) is 0 Å². The standard InChI is InChI=1S/C16H25N5O2/c1-20(12-15-17-7-8-21(15)9-10-22-2)11-14-18-16(23-19-14)13-5-3-4-6-13/h7-8,13H,3-6,9-12H2,1-2H3. The molecule has 7 nitrogen and oxygen atoms in total. The fourth-order valence-corrected chi connectivity index (χ4v) is 3.09. The van der Waals surface area contributed by atoms with E-state index in [1.165, 1.54) is 25.7 Å². The molecule has 0 atom stereocenters. The van der Waals surface area contributed by atoms with Gasteiger partial charge in [-0.3, -0.25) is 4.90 Å². The Morgan fingerprint density at radius 3 is 2.96 bits per heavy atom. The van der Waals surface area contributed by atoms with Crippen LogP contribution in [0.1, 0.15) is 49.1 Å². The minimum Gasteiger partial charge on any atom is -0.383 e. The second-order valence-electron chi connectivity index (χ2n) is 6.23. The molecule has 0 aromatic carbocycles. The minimum atomic E-state index is 0.467. The Labute approximate surface area is 136 Å². The van der Waals surface area contributed by atoms with Gasteiger partial charge in [-0.1, -0.05) is 18.0 Å². The summed E-state index contributed by atoms with van der Waals surface area (Å²) in [5.41, 5.74) is 0. The maximum atomic E-state index is 5.44.